The number of terminal acetylenes is 1. The first-order chi connectivity index (χ1) is 11.6. The van der Waals surface area contributed by atoms with Crippen molar-refractivity contribution in [2.75, 3.05) is 18.9 Å². The number of ether oxygens (including phenoxy) is 2. The van der Waals surface area contributed by atoms with Crippen molar-refractivity contribution in [2.24, 2.45) is 0 Å². The summed E-state index contributed by atoms with van der Waals surface area (Å²) < 4.78 is 12.7. The van der Waals surface area contributed by atoms with E-state index in [0.717, 1.165) is 0 Å². The SMILES string of the molecule is C#CCCOC1C(O)[C@@H](CO)O[C@H]1n1cnc2c(=O)[nH]c(N)nc21. The summed E-state index contributed by atoms with van der Waals surface area (Å²) in [4.78, 5) is 22.3. The van der Waals surface area contributed by atoms with Crippen LogP contribution in [0.3, 0.4) is 0 Å². The van der Waals surface area contributed by atoms with Crippen LogP contribution in [0, 0.1) is 12.3 Å². The van der Waals surface area contributed by atoms with Gasteiger partial charge in [-0.1, -0.05) is 0 Å². The molecule has 24 heavy (non-hydrogen) atoms. The van der Waals surface area contributed by atoms with Crippen molar-refractivity contribution in [1.82, 2.24) is 19.5 Å². The number of H-pyrrole nitrogens is 1. The Morgan fingerprint density at radius 1 is 1.58 bits per heavy atom. The third kappa shape index (κ3) is 2.74. The second-order valence-corrected chi connectivity index (χ2v) is 5.30. The zero-order chi connectivity index (χ0) is 17.3. The quantitative estimate of drug-likeness (QED) is 0.375. The minimum absolute atomic E-state index is 0.0729. The van der Waals surface area contributed by atoms with Gasteiger partial charge >= 0.3 is 0 Å². The van der Waals surface area contributed by atoms with Crippen LogP contribution in [0.15, 0.2) is 11.1 Å². The fourth-order valence-electron chi connectivity index (χ4n) is 2.66. The first-order valence-corrected chi connectivity index (χ1v) is 7.28. The van der Waals surface area contributed by atoms with Crippen molar-refractivity contribution in [2.45, 2.75) is 31.0 Å². The number of hydrogen-bond donors (Lipinski definition) is 4. The average Bonchev–Trinajstić information content (AvgIpc) is 3.09. The van der Waals surface area contributed by atoms with E-state index in [9.17, 15) is 15.0 Å². The van der Waals surface area contributed by atoms with Gasteiger partial charge in [-0.15, -0.1) is 12.3 Å². The molecule has 2 aromatic heterocycles. The monoisotopic (exact) mass is 335 g/mol. The number of nitrogens with one attached hydrogen (secondary N) is 1. The molecule has 1 saturated heterocycles. The van der Waals surface area contributed by atoms with Gasteiger partial charge < -0.3 is 25.4 Å². The zero-order valence-corrected chi connectivity index (χ0v) is 12.6. The number of anilines is 1. The first-order valence-electron chi connectivity index (χ1n) is 7.28. The van der Waals surface area contributed by atoms with Gasteiger partial charge in [0.2, 0.25) is 5.95 Å². The van der Waals surface area contributed by atoms with E-state index < -0.39 is 36.7 Å². The van der Waals surface area contributed by atoms with E-state index in [0.29, 0.717) is 6.42 Å². The molecule has 1 aliphatic heterocycles. The Bertz CT molecular complexity index is 825. The van der Waals surface area contributed by atoms with Gasteiger partial charge in [0.25, 0.3) is 5.56 Å². The summed E-state index contributed by atoms with van der Waals surface area (Å²) in [6.07, 6.45) is 3.33. The van der Waals surface area contributed by atoms with Crippen LogP contribution in [0.25, 0.3) is 11.2 Å². The molecule has 3 heterocycles. The number of nitrogens with zero attached hydrogens (tertiary/aromatic N) is 3. The Balaban J connectivity index is 1.99. The van der Waals surface area contributed by atoms with E-state index in [2.05, 4.69) is 20.9 Å². The third-order valence-corrected chi connectivity index (χ3v) is 3.77. The van der Waals surface area contributed by atoms with Crippen molar-refractivity contribution in [3.05, 3.63) is 16.7 Å². The van der Waals surface area contributed by atoms with Crippen LogP contribution in [-0.2, 0) is 9.47 Å². The molecule has 0 radical (unpaired) electrons. The number of aromatic nitrogens is 4. The Hall–Kier alpha value is -2.45. The van der Waals surface area contributed by atoms with Crippen molar-refractivity contribution in [1.29, 1.82) is 0 Å². The van der Waals surface area contributed by atoms with E-state index in [4.69, 9.17) is 21.6 Å². The van der Waals surface area contributed by atoms with Crippen LogP contribution in [0.2, 0.25) is 0 Å². The molecule has 0 spiro atoms. The molecule has 0 saturated carbocycles. The van der Waals surface area contributed by atoms with Crippen LogP contribution in [0.5, 0.6) is 0 Å². The highest BCUT2D eigenvalue weighted by atomic mass is 16.6. The number of nitrogen functional groups attached to an aromatic ring is 1. The van der Waals surface area contributed by atoms with Crippen molar-refractivity contribution < 1.29 is 19.7 Å². The van der Waals surface area contributed by atoms with Gasteiger partial charge in [0.1, 0.15) is 18.3 Å². The van der Waals surface area contributed by atoms with E-state index in [1.807, 2.05) is 0 Å². The van der Waals surface area contributed by atoms with Crippen LogP contribution in [0.4, 0.5) is 5.95 Å². The molecule has 2 aromatic rings. The molecular formula is C14H17N5O5. The summed E-state index contributed by atoms with van der Waals surface area (Å²) in [6.45, 7) is -0.186. The van der Waals surface area contributed by atoms with Crippen LogP contribution < -0.4 is 11.3 Å². The smallest absolute Gasteiger partial charge is 0.280 e. The molecule has 10 nitrogen and oxygen atoms in total. The second kappa shape index (κ2) is 6.58. The lowest BCUT2D eigenvalue weighted by Crippen LogP contribution is -2.35. The highest BCUT2D eigenvalue weighted by Crippen LogP contribution is 2.33. The standard InChI is InChI=1S/C14H17N5O5/c1-2-3-4-23-10-9(21)7(5-20)24-13(10)19-6-16-8-11(19)17-14(15)18-12(8)22/h1,6-7,9-10,13,20-21H,3-5H2,(H3,15,17,18,22)/t7-,9?,10?,13-/m1/s1. The maximum Gasteiger partial charge on any atom is 0.280 e. The molecule has 0 amide bonds. The van der Waals surface area contributed by atoms with Gasteiger partial charge in [0.15, 0.2) is 17.4 Å². The van der Waals surface area contributed by atoms with Crippen molar-refractivity contribution >= 4 is 17.1 Å². The fourth-order valence-corrected chi connectivity index (χ4v) is 2.66. The summed E-state index contributed by atoms with van der Waals surface area (Å²) in [5.74, 6) is 2.36. The summed E-state index contributed by atoms with van der Waals surface area (Å²) in [6, 6.07) is 0. The number of aliphatic hydroxyl groups is 2. The number of imidazole rings is 1. The molecule has 128 valence electrons. The molecule has 0 aliphatic carbocycles. The lowest BCUT2D eigenvalue weighted by atomic mass is 10.1. The summed E-state index contributed by atoms with van der Waals surface area (Å²) in [5, 5.41) is 19.6. The average molecular weight is 335 g/mol. The minimum atomic E-state index is -1.07. The van der Waals surface area contributed by atoms with Gasteiger partial charge in [0, 0.05) is 6.42 Å². The van der Waals surface area contributed by atoms with E-state index in [1.54, 1.807) is 0 Å². The fraction of sp³-hybridized carbons (Fsp3) is 0.500. The molecular weight excluding hydrogens is 318 g/mol. The number of hydrogen-bond acceptors (Lipinski definition) is 8. The van der Waals surface area contributed by atoms with Crippen molar-refractivity contribution in [3.63, 3.8) is 0 Å². The summed E-state index contributed by atoms with van der Waals surface area (Å²) in [5.41, 5.74) is 5.36. The summed E-state index contributed by atoms with van der Waals surface area (Å²) in [7, 11) is 0. The minimum Gasteiger partial charge on any atom is -0.394 e. The van der Waals surface area contributed by atoms with Crippen LogP contribution in [-0.4, -0.2) is 61.3 Å². The lowest BCUT2D eigenvalue weighted by Gasteiger charge is -2.21. The zero-order valence-electron chi connectivity index (χ0n) is 12.6. The number of aliphatic hydroxyl groups excluding tert-OH is 2. The van der Waals surface area contributed by atoms with Gasteiger partial charge in [0.05, 0.1) is 19.5 Å². The second-order valence-electron chi connectivity index (χ2n) is 5.30. The maximum absolute atomic E-state index is 11.9. The predicted octanol–water partition coefficient (Wildman–Crippen LogP) is -1.64. The van der Waals surface area contributed by atoms with E-state index in [-0.39, 0.29) is 23.7 Å². The van der Waals surface area contributed by atoms with Crippen LogP contribution >= 0.6 is 0 Å². The van der Waals surface area contributed by atoms with E-state index in [1.165, 1.54) is 10.9 Å². The molecule has 10 heteroatoms. The number of nitrogens with two attached hydrogens (primary N) is 1. The third-order valence-electron chi connectivity index (χ3n) is 3.77. The highest BCUT2D eigenvalue weighted by Gasteiger charge is 2.45. The van der Waals surface area contributed by atoms with Crippen LogP contribution in [0.1, 0.15) is 12.6 Å². The molecule has 5 N–H and O–H groups in total. The molecule has 3 rings (SSSR count). The Morgan fingerprint density at radius 2 is 2.38 bits per heavy atom. The summed E-state index contributed by atoms with van der Waals surface area (Å²) >= 11 is 0. The molecule has 1 fully saturated rings. The van der Waals surface area contributed by atoms with Gasteiger partial charge in [-0.05, 0) is 0 Å². The molecule has 1 aliphatic rings. The lowest BCUT2D eigenvalue weighted by molar-refractivity contribution is -0.0692. The molecule has 4 atom stereocenters. The van der Waals surface area contributed by atoms with Gasteiger partial charge in [-0.2, -0.15) is 4.98 Å². The largest absolute Gasteiger partial charge is 0.394 e. The Kier molecular flexibility index (Phi) is 4.50. The van der Waals surface area contributed by atoms with Gasteiger partial charge in [-0.3, -0.25) is 14.3 Å². The number of aromatic amines is 1. The topological polar surface area (TPSA) is 149 Å². The van der Waals surface area contributed by atoms with Gasteiger partial charge in [-0.25, -0.2) is 4.98 Å². The van der Waals surface area contributed by atoms with E-state index >= 15 is 0 Å². The number of fused-ring (bicyclic) bond motifs is 1. The maximum atomic E-state index is 11.9. The molecule has 2 unspecified atom stereocenters. The Morgan fingerprint density at radius 3 is 3.08 bits per heavy atom. The molecule has 0 bridgehead atoms. The predicted molar refractivity (Wildman–Crippen MR) is 82.8 cm³/mol. The number of rotatable bonds is 5. The highest BCUT2D eigenvalue weighted by molar-refractivity contribution is 5.70. The normalized spacial score (nSPS) is 26.7. The van der Waals surface area contributed by atoms with Crippen molar-refractivity contribution in [3.8, 4) is 12.3 Å². The first kappa shape index (κ1) is 16.4. The Labute approximate surface area is 136 Å². The molecule has 0 aromatic carbocycles.